The standard InChI is InChI=1S/C14H13N3O5/c1-9(18)22-17-12(19)11(7-16-14(17)15)13(20)21-8-10-5-3-2-4-6-10/h2-7H,8H2,1H3,(H2,15,16). The van der Waals surface area contributed by atoms with Crippen molar-refractivity contribution in [2.24, 2.45) is 0 Å². The van der Waals surface area contributed by atoms with Crippen molar-refractivity contribution in [1.82, 2.24) is 9.71 Å². The van der Waals surface area contributed by atoms with E-state index in [2.05, 4.69) is 9.82 Å². The largest absolute Gasteiger partial charge is 0.457 e. The molecule has 8 heteroatoms. The Hall–Kier alpha value is -3.16. The Labute approximate surface area is 125 Å². The molecule has 2 aromatic rings. The molecule has 0 saturated heterocycles. The van der Waals surface area contributed by atoms with Crippen LogP contribution in [0.15, 0.2) is 41.3 Å². The van der Waals surface area contributed by atoms with E-state index >= 15 is 0 Å². The van der Waals surface area contributed by atoms with E-state index in [9.17, 15) is 14.4 Å². The van der Waals surface area contributed by atoms with Gasteiger partial charge in [-0.05, 0) is 5.56 Å². The number of esters is 1. The molecule has 0 amide bonds. The highest BCUT2D eigenvalue weighted by Gasteiger charge is 2.18. The Bertz CT molecular complexity index is 755. The van der Waals surface area contributed by atoms with Crippen molar-refractivity contribution < 1.29 is 19.2 Å². The van der Waals surface area contributed by atoms with E-state index in [1.807, 2.05) is 6.07 Å². The molecule has 1 heterocycles. The van der Waals surface area contributed by atoms with E-state index in [1.54, 1.807) is 24.3 Å². The lowest BCUT2D eigenvalue weighted by atomic mass is 10.2. The van der Waals surface area contributed by atoms with E-state index in [1.165, 1.54) is 0 Å². The van der Waals surface area contributed by atoms with Crippen LogP contribution in [-0.2, 0) is 16.1 Å². The number of anilines is 1. The summed E-state index contributed by atoms with van der Waals surface area (Å²) in [6.45, 7) is 1.09. The number of hydrogen-bond donors (Lipinski definition) is 1. The van der Waals surface area contributed by atoms with Gasteiger partial charge in [0.05, 0.1) is 6.20 Å². The Morgan fingerprint density at radius 2 is 1.95 bits per heavy atom. The lowest BCUT2D eigenvalue weighted by molar-refractivity contribution is -0.141. The van der Waals surface area contributed by atoms with Crippen LogP contribution in [0.3, 0.4) is 0 Å². The fraction of sp³-hybridized carbons (Fsp3) is 0.143. The molecule has 8 nitrogen and oxygen atoms in total. The van der Waals surface area contributed by atoms with Gasteiger partial charge in [-0.1, -0.05) is 35.1 Å². The molecule has 2 rings (SSSR count). The van der Waals surface area contributed by atoms with Crippen LogP contribution in [0.1, 0.15) is 22.8 Å². The third-order valence-corrected chi connectivity index (χ3v) is 2.60. The predicted molar refractivity (Wildman–Crippen MR) is 75.7 cm³/mol. The molecule has 0 atom stereocenters. The van der Waals surface area contributed by atoms with Gasteiger partial charge in [-0.25, -0.2) is 14.6 Å². The van der Waals surface area contributed by atoms with Crippen molar-refractivity contribution in [3.63, 3.8) is 0 Å². The second kappa shape index (κ2) is 6.53. The topological polar surface area (TPSA) is 114 Å². The molecule has 114 valence electrons. The molecule has 0 aliphatic heterocycles. The first-order valence-corrected chi connectivity index (χ1v) is 6.26. The summed E-state index contributed by atoms with van der Waals surface area (Å²) in [5.41, 5.74) is 4.89. The number of ether oxygens (including phenoxy) is 1. The van der Waals surface area contributed by atoms with Gasteiger partial charge in [-0.15, -0.1) is 0 Å². The van der Waals surface area contributed by atoms with Gasteiger partial charge in [-0.2, -0.15) is 0 Å². The lowest BCUT2D eigenvalue weighted by Crippen LogP contribution is -2.36. The molecule has 0 radical (unpaired) electrons. The summed E-state index contributed by atoms with van der Waals surface area (Å²) in [7, 11) is 0. The summed E-state index contributed by atoms with van der Waals surface area (Å²) in [6.07, 6.45) is 0.977. The van der Waals surface area contributed by atoms with Gasteiger partial charge in [0.1, 0.15) is 12.2 Å². The number of nitrogen functional groups attached to an aromatic ring is 1. The van der Waals surface area contributed by atoms with Gasteiger partial charge < -0.3 is 15.3 Å². The van der Waals surface area contributed by atoms with Gasteiger partial charge in [0.15, 0.2) is 0 Å². The number of nitrogens with two attached hydrogens (primary N) is 1. The van der Waals surface area contributed by atoms with Crippen LogP contribution in [-0.4, -0.2) is 21.7 Å². The number of aromatic nitrogens is 2. The maximum atomic E-state index is 12.0. The number of benzene rings is 1. The number of hydrogen-bond acceptors (Lipinski definition) is 7. The molecule has 0 saturated carbocycles. The minimum Gasteiger partial charge on any atom is -0.457 e. The Balaban J connectivity index is 2.19. The molecule has 1 aromatic heterocycles. The van der Waals surface area contributed by atoms with E-state index in [-0.39, 0.29) is 18.1 Å². The lowest BCUT2D eigenvalue weighted by Gasteiger charge is -2.09. The van der Waals surface area contributed by atoms with Gasteiger partial charge in [-0.3, -0.25) is 4.79 Å². The van der Waals surface area contributed by atoms with Crippen LogP contribution in [0.2, 0.25) is 0 Å². The van der Waals surface area contributed by atoms with E-state index in [4.69, 9.17) is 10.5 Å². The van der Waals surface area contributed by atoms with Gasteiger partial charge >= 0.3 is 17.5 Å². The van der Waals surface area contributed by atoms with Crippen LogP contribution in [0.25, 0.3) is 0 Å². The zero-order valence-corrected chi connectivity index (χ0v) is 11.7. The average Bonchev–Trinajstić information content (AvgIpc) is 2.50. The van der Waals surface area contributed by atoms with Gasteiger partial charge in [0, 0.05) is 6.92 Å². The summed E-state index contributed by atoms with van der Waals surface area (Å²) in [4.78, 5) is 43.1. The number of rotatable bonds is 4. The van der Waals surface area contributed by atoms with Crippen molar-refractivity contribution in [2.75, 3.05) is 5.73 Å². The second-order valence-corrected chi connectivity index (χ2v) is 4.27. The normalized spacial score (nSPS) is 10.0. The van der Waals surface area contributed by atoms with E-state index < -0.39 is 17.5 Å². The highest BCUT2D eigenvalue weighted by molar-refractivity contribution is 5.88. The zero-order chi connectivity index (χ0) is 16.1. The maximum absolute atomic E-state index is 12.0. The first-order chi connectivity index (χ1) is 10.5. The molecular formula is C14H13N3O5. The van der Waals surface area contributed by atoms with Crippen molar-refractivity contribution >= 4 is 17.9 Å². The SMILES string of the molecule is CC(=O)On1c(N)ncc(C(=O)OCc2ccccc2)c1=O. The molecule has 22 heavy (non-hydrogen) atoms. The average molecular weight is 303 g/mol. The molecule has 0 bridgehead atoms. The van der Waals surface area contributed by atoms with E-state index in [0.29, 0.717) is 4.73 Å². The Morgan fingerprint density at radius 3 is 2.59 bits per heavy atom. The highest BCUT2D eigenvalue weighted by atomic mass is 16.7. The fourth-order valence-corrected chi connectivity index (χ4v) is 1.61. The zero-order valence-electron chi connectivity index (χ0n) is 11.7. The predicted octanol–water partition coefficient (Wildman–Crippen LogP) is 0.158. The molecule has 0 aliphatic carbocycles. The number of carbonyl (C=O) groups excluding carboxylic acids is 2. The minimum absolute atomic E-state index is 0.00292. The van der Waals surface area contributed by atoms with Gasteiger partial charge in [0.25, 0.3) is 0 Å². The van der Waals surface area contributed by atoms with Crippen LogP contribution in [0.5, 0.6) is 0 Å². The first-order valence-electron chi connectivity index (χ1n) is 6.26. The second-order valence-electron chi connectivity index (χ2n) is 4.27. The van der Waals surface area contributed by atoms with Crippen molar-refractivity contribution in [3.05, 3.63) is 58.0 Å². The summed E-state index contributed by atoms with van der Waals surface area (Å²) in [6, 6.07) is 8.95. The molecule has 0 fully saturated rings. The van der Waals surface area contributed by atoms with Crippen molar-refractivity contribution in [1.29, 1.82) is 0 Å². The molecule has 0 aliphatic rings. The maximum Gasteiger partial charge on any atom is 0.345 e. The smallest absolute Gasteiger partial charge is 0.345 e. The molecule has 0 spiro atoms. The van der Waals surface area contributed by atoms with Gasteiger partial charge in [0.2, 0.25) is 5.95 Å². The number of carbonyl (C=O) groups is 2. The summed E-state index contributed by atoms with van der Waals surface area (Å²) >= 11 is 0. The third-order valence-electron chi connectivity index (χ3n) is 2.60. The van der Waals surface area contributed by atoms with Crippen molar-refractivity contribution in [3.8, 4) is 0 Å². The summed E-state index contributed by atoms with van der Waals surface area (Å²) in [5.74, 6) is -2.01. The number of nitrogens with zero attached hydrogens (tertiary/aromatic N) is 2. The van der Waals surface area contributed by atoms with Crippen LogP contribution in [0.4, 0.5) is 5.95 Å². The van der Waals surface area contributed by atoms with E-state index in [0.717, 1.165) is 18.7 Å². The fourth-order valence-electron chi connectivity index (χ4n) is 1.61. The summed E-state index contributed by atoms with van der Waals surface area (Å²) in [5, 5.41) is 0. The Morgan fingerprint density at radius 1 is 1.27 bits per heavy atom. The van der Waals surface area contributed by atoms with Crippen LogP contribution >= 0.6 is 0 Å². The molecular weight excluding hydrogens is 290 g/mol. The monoisotopic (exact) mass is 303 g/mol. The first kappa shape index (κ1) is 15.2. The van der Waals surface area contributed by atoms with Crippen LogP contribution < -0.4 is 16.1 Å². The molecule has 0 unspecified atom stereocenters. The Kier molecular flexibility index (Phi) is 4.52. The molecule has 1 aromatic carbocycles. The minimum atomic E-state index is -0.916. The van der Waals surface area contributed by atoms with Crippen molar-refractivity contribution in [2.45, 2.75) is 13.5 Å². The van der Waals surface area contributed by atoms with Crippen LogP contribution in [0, 0.1) is 0 Å². The molecule has 2 N–H and O–H groups in total. The summed E-state index contributed by atoms with van der Waals surface area (Å²) < 4.78 is 5.47. The third kappa shape index (κ3) is 3.48. The highest BCUT2D eigenvalue weighted by Crippen LogP contribution is 2.04. The quantitative estimate of drug-likeness (QED) is 0.800.